The maximum Gasteiger partial charge on any atom is 0.478 e. The van der Waals surface area contributed by atoms with E-state index in [2.05, 4.69) is 10.3 Å². The Bertz CT molecular complexity index is 556. The molecule has 2 atom stereocenters. The molecule has 1 amide bonds. The molecule has 0 radical (unpaired) electrons. The van der Waals surface area contributed by atoms with Crippen LogP contribution < -0.4 is 11.1 Å². The maximum absolute atomic E-state index is 12.0. The van der Waals surface area contributed by atoms with Gasteiger partial charge in [0, 0.05) is 6.20 Å². The Morgan fingerprint density at radius 3 is 2.91 bits per heavy atom. The fraction of sp³-hybridized carbons (Fsp3) is 0.462. The molecule has 1 fully saturated rings. The van der Waals surface area contributed by atoms with Gasteiger partial charge in [0.1, 0.15) is 5.82 Å². The van der Waals surface area contributed by atoms with E-state index in [1.54, 1.807) is 12.1 Å². The first-order chi connectivity index (χ1) is 10.4. The number of pyridine rings is 1. The highest BCUT2D eigenvalue weighted by molar-refractivity contribution is 6.45. The summed E-state index contributed by atoms with van der Waals surface area (Å²) in [6, 6.07) is 3.29. The van der Waals surface area contributed by atoms with Crippen LogP contribution in [0.15, 0.2) is 18.3 Å². The fourth-order valence-electron chi connectivity index (χ4n) is 2.40. The molecule has 5 N–H and O–H groups in total. The molecule has 2 unspecified atom stereocenters. The Kier molecular flexibility index (Phi) is 5.34. The minimum Gasteiger partial charge on any atom is -0.481 e. The van der Waals surface area contributed by atoms with Crippen LogP contribution in [-0.2, 0) is 20.7 Å². The molecule has 0 aliphatic carbocycles. The SMILES string of the molecule is Nc1cc(CC(=O)NC2CCC(CC(=O)O)OB2O)ccn1. The van der Waals surface area contributed by atoms with Crippen molar-refractivity contribution in [3.05, 3.63) is 23.9 Å². The Hall–Kier alpha value is -2.13. The molecule has 0 saturated carbocycles. The second kappa shape index (κ2) is 7.23. The molecule has 0 spiro atoms. The van der Waals surface area contributed by atoms with E-state index >= 15 is 0 Å². The summed E-state index contributed by atoms with van der Waals surface area (Å²) in [5.41, 5.74) is 6.27. The van der Waals surface area contributed by atoms with E-state index in [1.165, 1.54) is 6.20 Å². The van der Waals surface area contributed by atoms with Gasteiger partial charge in [0.25, 0.3) is 0 Å². The van der Waals surface area contributed by atoms with Crippen molar-refractivity contribution < 1.29 is 24.4 Å². The second-order valence-electron chi connectivity index (χ2n) is 5.26. The number of nitrogens with zero attached hydrogens (tertiary/aromatic N) is 1. The molecule has 0 aromatic carbocycles. The summed E-state index contributed by atoms with van der Waals surface area (Å²) in [6.07, 6.45) is 1.88. The average molecular weight is 307 g/mol. The number of rotatable bonds is 5. The van der Waals surface area contributed by atoms with Crippen molar-refractivity contribution in [1.82, 2.24) is 10.3 Å². The molecular formula is C13H18BN3O5. The van der Waals surface area contributed by atoms with E-state index in [0.717, 1.165) is 5.56 Å². The first-order valence-corrected chi connectivity index (χ1v) is 6.99. The number of carboxylic acids is 1. The van der Waals surface area contributed by atoms with E-state index in [-0.39, 0.29) is 18.7 Å². The lowest BCUT2D eigenvalue weighted by atomic mass is 9.72. The van der Waals surface area contributed by atoms with Gasteiger partial charge in [-0.05, 0) is 30.5 Å². The molecule has 1 aliphatic rings. The molecule has 118 valence electrons. The molecular weight excluding hydrogens is 289 g/mol. The molecule has 22 heavy (non-hydrogen) atoms. The van der Waals surface area contributed by atoms with Gasteiger partial charge in [-0.3, -0.25) is 9.59 Å². The van der Waals surface area contributed by atoms with Crippen molar-refractivity contribution in [3.63, 3.8) is 0 Å². The lowest BCUT2D eigenvalue weighted by Gasteiger charge is -2.30. The third-order valence-corrected chi connectivity index (χ3v) is 3.43. The maximum atomic E-state index is 12.0. The van der Waals surface area contributed by atoms with E-state index in [0.29, 0.717) is 18.7 Å². The van der Waals surface area contributed by atoms with Crippen LogP contribution in [0.2, 0.25) is 0 Å². The fourth-order valence-corrected chi connectivity index (χ4v) is 2.40. The number of nitrogens with two attached hydrogens (primary N) is 1. The molecule has 2 heterocycles. The van der Waals surface area contributed by atoms with E-state index < -0.39 is 25.1 Å². The molecule has 8 nitrogen and oxygen atoms in total. The normalized spacial score (nSPS) is 21.4. The Balaban J connectivity index is 1.83. The van der Waals surface area contributed by atoms with Gasteiger partial charge in [0.2, 0.25) is 5.91 Å². The predicted molar refractivity (Wildman–Crippen MR) is 78.6 cm³/mol. The van der Waals surface area contributed by atoms with Gasteiger partial charge in [-0.15, -0.1) is 0 Å². The number of nitrogens with one attached hydrogen (secondary N) is 1. The number of aromatic nitrogens is 1. The zero-order chi connectivity index (χ0) is 16.1. The van der Waals surface area contributed by atoms with Crippen LogP contribution in [0, 0.1) is 0 Å². The van der Waals surface area contributed by atoms with Gasteiger partial charge in [-0.1, -0.05) is 0 Å². The number of hydrogen-bond acceptors (Lipinski definition) is 6. The number of anilines is 1. The summed E-state index contributed by atoms with van der Waals surface area (Å²) in [7, 11) is -1.20. The summed E-state index contributed by atoms with van der Waals surface area (Å²) >= 11 is 0. The van der Waals surface area contributed by atoms with Crippen LogP contribution in [-0.4, -0.2) is 46.2 Å². The van der Waals surface area contributed by atoms with E-state index in [1.807, 2.05) is 0 Å². The lowest BCUT2D eigenvalue weighted by molar-refractivity contribution is -0.139. The monoisotopic (exact) mass is 307 g/mol. The molecule has 0 bridgehead atoms. The smallest absolute Gasteiger partial charge is 0.478 e. The number of aliphatic carboxylic acids is 1. The van der Waals surface area contributed by atoms with Crippen LogP contribution in [0.4, 0.5) is 5.82 Å². The van der Waals surface area contributed by atoms with Crippen molar-refractivity contribution in [2.24, 2.45) is 0 Å². The average Bonchev–Trinajstić information content (AvgIpc) is 2.41. The topological polar surface area (TPSA) is 135 Å². The van der Waals surface area contributed by atoms with Crippen LogP contribution in [0.3, 0.4) is 0 Å². The summed E-state index contributed by atoms with van der Waals surface area (Å²) in [5, 5.41) is 21.2. The van der Waals surface area contributed by atoms with Gasteiger partial charge in [0.05, 0.1) is 24.9 Å². The third kappa shape index (κ3) is 4.71. The Morgan fingerprint density at radius 2 is 2.27 bits per heavy atom. The molecule has 1 aromatic rings. The summed E-state index contributed by atoms with van der Waals surface area (Å²) < 4.78 is 5.21. The van der Waals surface area contributed by atoms with Crippen molar-refractivity contribution in [1.29, 1.82) is 0 Å². The van der Waals surface area contributed by atoms with Gasteiger partial charge >= 0.3 is 13.1 Å². The van der Waals surface area contributed by atoms with Crippen LogP contribution in [0.5, 0.6) is 0 Å². The van der Waals surface area contributed by atoms with Crippen LogP contribution in [0.1, 0.15) is 24.8 Å². The molecule has 1 saturated heterocycles. The highest BCUT2D eigenvalue weighted by atomic mass is 16.5. The highest BCUT2D eigenvalue weighted by Gasteiger charge is 2.36. The van der Waals surface area contributed by atoms with E-state index in [9.17, 15) is 14.6 Å². The first kappa shape index (κ1) is 16.2. The minimum atomic E-state index is -1.20. The van der Waals surface area contributed by atoms with Crippen molar-refractivity contribution in [2.75, 3.05) is 5.73 Å². The summed E-state index contributed by atoms with van der Waals surface area (Å²) in [6.45, 7) is 0. The molecule has 9 heteroatoms. The van der Waals surface area contributed by atoms with Gasteiger partial charge < -0.3 is 25.8 Å². The first-order valence-electron chi connectivity index (χ1n) is 6.99. The van der Waals surface area contributed by atoms with Crippen molar-refractivity contribution >= 4 is 24.8 Å². The zero-order valence-electron chi connectivity index (χ0n) is 11.9. The summed E-state index contributed by atoms with van der Waals surface area (Å²) in [5.74, 6) is -1.45. The third-order valence-electron chi connectivity index (χ3n) is 3.43. The minimum absolute atomic E-state index is 0.120. The zero-order valence-corrected chi connectivity index (χ0v) is 11.9. The van der Waals surface area contributed by atoms with Gasteiger partial charge in [0.15, 0.2) is 0 Å². The second-order valence-corrected chi connectivity index (χ2v) is 5.26. The number of nitrogen functional groups attached to an aromatic ring is 1. The number of carbonyl (C=O) groups excluding carboxylic acids is 1. The van der Waals surface area contributed by atoms with E-state index in [4.69, 9.17) is 15.5 Å². The standard InChI is InChI=1S/C13H18BN3O5/c15-11-5-8(3-4-16-11)6-12(18)17-10-2-1-9(7-13(19)20)22-14(10)21/h3-5,9-10,21H,1-2,6-7H2,(H2,15,16)(H,17,18)(H,19,20). The van der Waals surface area contributed by atoms with Crippen LogP contribution in [0.25, 0.3) is 0 Å². The van der Waals surface area contributed by atoms with Gasteiger partial charge in [-0.25, -0.2) is 4.98 Å². The predicted octanol–water partition coefficient (Wildman–Crippen LogP) is -0.635. The Morgan fingerprint density at radius 1 is 1.50 bits per heavy atom. The summed E-state index contributed by atoms with van der Waals surface area (Å²) in [4.78, 5) is 26.4. The quantitative estimate of drug-likeness (QED) is 0.532. The number of amides is 1. The van der Waals surface area contributed by atoms with Gasteiger partial charge in [-0.2, -0.15) is 0 Å². The molecule has 1 aliphatic heterocycles. The largest absolute Gasteiger partial charge is 0.481 e. The lowest BCUT2D eigenvalue weighted by Crippen LogP contribution is -2.53. The van der Waals surface area contributed by atoms with Crippen molar-refractivity contribution in [2.45, 2.75) is 37.7 Å². The molecule has 1 aromatic heterocycles. The Labute approximate surface area is 127 Å². The van der Waals surface area contributed by atoms with Crippen LogP contribution >= 0.6 is 0 Å². The number of carboxylic acid groups (broad SMARTS) is 1. The van der Waals surface area contributed by atoms with Crippen molar-refractivity contribution in [3.8, 4) is 0 Å². The number of hydrogen-bond donors (Lipinski definition) is 4. The number of carbonyl (C=O) groups is 2. The molecule has 2 rings (SSSR count). The highest BCUT2D eigenvalue weighted by Crippen LogP contribution is 2.18.